The number of aromatic nitrogens is 4. The van der Waals surface area contributed by atoms with Crippen molar-refractivity contribution in [2.24, 2.45) is 5.92 Å². The zero-order valence-corrected chi connectivity index (χ0v) is 15.1. The molecule has 1 aliphatic carbocycles. The van der Waals surface area contributed by atoms with Gasteiger partial charge in [0.05, 0.1) is 17.4 Å². The van der Waals surface area contributed by atoms with Gasteiger partial charge in [-0.1, -0.05) is 6.07 Å². The van der Waals surface area contributed by atoms with E-state index in [1.807, 2.05) is 18.2 Å². The molecule has 1 atom stereocenters. The molecule has 0 saturated heterocycles. The van der Waals surface area contributed by atoms with E-state index in [1.165, 1.54) is 6.92 Å². The standard InChI is InChI=1S/C19H21N5O2/c1-12(25)22-17-9-15-13(10-20-17)11-21-24(15)18-6-4-5-16(23-18)19(2,26-3)14-7-8-14/h4-6,9-11,14H,7-8H2,1-3H3,(H,20,22,25). The molecule has 1 N–H and O–H groups in total. The van der Waals surface area contributed by atoms with Gasteiger partial charge in [0.15, 0.2) is 5.82 Å². The molecule has 7 heteroatoms. The van der Waals surface area contributed by atoms with E-state index < -0.39 is 0 Å². The van der Waals surface area contributed by atoms with Crippen molar-refractivity contribution in [1.29, 1.82) is 0 Å². The molecule has 0 spiro atoms. The zero-order chi connectivity index (χ0) is 18.3. The van der Waals surface area contributed by atoms with Gasteiger partial charge >= 0.3 is 0 Å². The summed E-state index contributed by atoms with van der Waals surface area (Å²) in [6, 6.07) is 7.69. The van der Waals surface area contributed by atoms with Crippen molar-refractivity contribution in [1.82, 2.24) is 19.7 Å². The first kappa shape index (κ1) is 16.7. The van der Waals surface area contributed by atoms with Crippen molar-refractivity contribution in [3.05, 3.63) is 42.4 Å². The first-order chi connectivity index (χ1) is 12.5. The maximum Gasteiger partial charge on any atom is 0.222 e. The summed E-state index contributed by atoms with van der Waals surface area (Å²) in [5.41, 5.74) is 1.35. The number of hydrogen-bond donors (Lipinski definition) is 1. The van der Waals surface area contributed by atoms with Crippen LogP contribution in [0.15, 0.2) is 36.7 Å². The van der Waals surface area contributed by atoms with Crippen LogP contribution in [0.25, 0.3) is 16.7 Å². The Hall–Kier alpha value is -2.80. The molecule has 134 valence electrons. The topological polar surface area (TPSA) is 81.9 Å². The quantitative estimate of drug-likeness (QED) is 0.764. The summed E-state index contributed by atoms with van der Waals surface area (Å²) in [5.74, 6) is 1.53. The SMILES string of the molecule is COC(C)(c1cccc(-n2ncc3cnc(NC(C)=O)cc32)n1)C1CC1. The Bertz CT molecular complexity index is 979. The Balaban J connectivity index is 1.78. The van der Waals surface area contributed by atoms with Gasteiger partial charge in [-0.3, -0.25) is 4.79 Å². The number of nitrogens with one attached hydrogen (secondary N) is 1. The summed E-state index contributed by atoms with van der Waals surface area (Å²) in [6.45, 7) is 3.55. The molecule has 1 aliphatic rings. The van der Waals surface area contributed by atoms with Crippen LogP contribution < -0.4 is 5.32 Å². The van der Waals surface area contributed by atoms with Crippen LogP contribution in [0, 0.1) is 5.92 Å². The maximum atomic E-state index is 11.3. The fourth-order valence-corrected chi connectivity index (χ4v) is 3.28. The van der Waals surface area contributed by atoms with E-state index >= 15 is 0 Å². The first-order valence-electron chi connectivity index (χ1n) is 8.65. The Morgan fingerprint density at radius 3 is 2.85 bits per heavy atom. The van der Waals surface area contributed by atoms with Crippen molar-refractivity contribution in [2.45, 2.75) is 32.3 Å². The van der Waals surface area contributed by atoms with Crippen LogP contribution in [0.2, 0.25) is 0 Å². The number of carbonyl (C=O) groups is 1. The molecule has 3 heterocycles. The lowest BCUT2D eigenvalue weighted by atomic mass is 9.95. The fourth-order valence-electron chi connectivity index (χ4n) is 3.28. The summed E-state index contributed by atoms with van der Waals surface area (Å²) in [6.07, 6.45) is 5.75. The van der Waals surface area contributed by atoms with Crippen LogP contribution in [-0.4, -0.2) is 32.8 Å². The van der Waals surface area contributed by atoms with E-state index in [-0.39, 0.29) is 11.5 Å². The molecule has 1 amide bonds. The van der Waals surface area contributed by atoms with Crippen molar-refractivity contribution in [3.8, 4) is 5.82 Å². The van der Waals surface area contributed by atoms with E-state index in [4.69, 9.17) is 9.72 Å². The van der Waals surface area contributed by atoms with Gasteiger partial charge < -0.3 is 10.1 Å². The second kappa shape index (κ2) is 6.17. The van der Waals surface area contributed by atoms with E-state index in [2.05, 4.69) is 22.3 Å². The van der Waals surface area contributed by atoms with Crippen LogP contribution in [0.5, 0.6) is 0 Å². The molecule has 3 aromatic heterocycles. The van der Waals surface area contributed by atoms with E-state index in [0.29, 0.717) is 17.6 Å². The molecule has 26 heavy (non-hydrogen) atoms. The number of methoxy groups -OCH3 is 1. The van der Waals surface area contributed by atoms with Gasteiger partial charge in [0.1, 0.15) is 11.4 Å². The molecule has 0 aromatic carbocycles. The first-order valence-corrected chi connectivity index (χ1v) is 8.65. The predicted octanol–water partition coefficient (Wildman–Crippen LogP) is 3.05. The molecule has 0 radical (unpaired) electrons. The van der Waals surface area contributed by atoms with Gasteiger partial charge in [0, 0.05) is 31.7 Å². The minimum absolute atomic E-state index is 0.164. The van der Waals surface area contributed by atoms with Crippen LogP contribution >= 0.6 is 0 Å². The molecular formula is C19H21N5O2. The van der Waals surface area contributed by atoms with E-state index in [9.17, 15) is 4.79 Å². The number of pyridine rings is 2. The summed E-state index contributed by atoms with van der Waals surface area (Å²) in [7, 11) is 1.74. The van der Waals surface area contributed by atoms with Gasteiger partial charge in [-0.25, -0.2) is 14.6 Å². The lowest BCUT2D eigenvalue weighted by Crippen LogP contribution is -2.28. The molecule has 4 rings (SSSR count). The largest absolute Gasteiger partial charge is 0.372 e. The number of rotatable bonds is 5. The minimum atomic E-state index is -0.387. The molecular weight excluding hydrogens is 330 g/mol. The van der Waals surface area contributed by atoms with Gasteiger partial charge in [-0.05, 0) is 37.8 Å². The van der Waals surface area contributed by atoms with Crippen molar-refractivity contribution >= 4 is 22.6 Å². The molecule has 0 aliphatic heterocycles. The Labute approximate surface area is 151 Å². The molecule has 0 bridgehead atoms. The number of anilines is 1. The fraction of sp³-hybridized carbons (Fsp3) is 0.368. The average molecular weight is 351 g/mol. The number of carbonyl (C=O) groups excluding carboxylic acids is 1. The zero-order valence-electron chi connectivity index (χ0n) is 15.1. The smallest absolute Gasteiger partial charge is 0.222 e. The molecule has 1 saturated carbocycles. The lowest BCUT2D eigenvalue weighted by molar-refractivity contribution is -0.114. The second-order valence-electron chi connectivity index (χ2n) is 6.83. The lowest BCUT2D eigenvalue weighted by Gasteiger charge is -2.27. The highest BCUT2D eigenvalue weighted by Gasteiger charge is 2.44. The Kier molecular flexibility index (Phi) is 3.96. The third-order valence-electron chi connectivity index (χ3n) is 5.00. The van der Waals surface area contributed by atoms with Crippen molar-refractivity contribution < 1.29 is 9.53 Å². The number of amides is 1. The molecule has 1 unspecified atom stereocenters. The van der Waals surface area contributed by atoms with Gasteiger partial charge in [-0.2, -0.15) is 5.10 Å². The van der Waals surface area contributed by atoms with E-state index in [1.54, 1.807) is 30.3 Å². The molecule has 1 fully saturated rings. The summed E-state index contributed by atoms with van der Waals surface area (Å²) in [5, 5.41) is 8.04. The van der Waals surface area contributed by atoms with Crippen molar-refractivity contribution in [2.75, 3.05) is 12.4 Å². The van der Waals surface area contributed by atoms with Crippen LogP contribution in [0.4, 0.5) is 5.82 Å². The third-order valence-corrected chi connectivity index (χ3v) is 5.00. The summed E-state index contributed by atoms with van der Waals surface area (Å²) >= 11 is 0. The minimum Gasteiger partial charge on any atom is -0.372 e. The highest BCUT2D eigenvalue weighted by atomic mass is 16.5. The number of nitrogens with zero attached hydrogens (tertiary/aromatic N) is 4. The van der Waals surface area contributed by atoms with Crippen LogP contribution in [-0.2, 0) is 15.1 Å². The highest BCUT2D eigenvalue weighted by molar-refractivity contribution is 5.90. The van der Waals surface area contributed by atoms with Gasteiger partial charge in [0.2, 0.25) is 5.91 Å². The van der Waals surface area contributed by atoms with Crippen LogP contribution in [0.1, 0.15) is 32.4 Å². The predicted molar refractivity (Wildman–Crippen MR) is 98.0 cm³/mol. The maximum absolute atomic E-state index is 11.3. The van der Waals surface area contributed by atoms with Gasteiger partial charge in [0.25, 0.3) is 0 Å². The number of ether oxygens (including phenoxy) is 1. The average Bonchev–Trinajstić information content (AvgIpc) is 3.41. The van der Waals surface area contributed by atoms with Gasteiger partial charge in [-0.15, -0.1) is 0 Å². The normalized spacial score (nSPS) is 16.4. The van der Waals surface area contributed by atoms with Crippen molar-refractivity contribution in [3.63, 3.8) is 0 Å². The number of fused-ring (bicyclic) bond motifs is 1. The summed E-state index contributed by atoms with van der Waals surface area (Å²) < 4.78 is 7.58. The summed E-state index contributed by atoms with van der Waals surface area (Å²) in [4.78, 5) is 20.4. The third kappa shape index (κ3) is 2.84. The Morgan fingerprint density at radius 2 is 2.15 bits per heavy atom. The van der Waals surface area contributed by atoms with E-state index in [0.717, 1.165) is 29.4 Å². The highest BCUT2D eigenvalue weighted by Crippen LogP contribution is 2.47. The molecule has 7 nitrogen and oxygen atoms in total. The monoisotopic (exact) mass is 351 g/mol. The second-order valence-corrected chi connectivity index (χ2v) is 6.83. The molecule has 3 aromatic rings. The Morgan fingerprint density at radius 1 is 1.35 bits per heavy atom. The number of hydrogen-bond acceptors (Lipinski definition) is 5. The van der Waals surface area contributed by atoms with Crippen LogP contribution in [0.3, 0.4) is 0 Å².